The SMILES string of the molecule is CNCCCC(=O)NC1NNCC1c1ccc2c(c1)OCO2.Cl. The predicted octanol–water partition coefficient (Wildman–Crippen LogP) is 0.470. The summed E-state index contributed by atoms with van der Waals surface area (Å²) in [5, 5.41) is 6.08. The second-order valence-corrected chi connectivity index (χ2v) is 5.50. The number of halogens is 1. The number of rotatable bonds is 6. The molecule has 0 aliphatic carbocycles. The zero-order valence-electron chi connectivity index (χ0n) is 13.1. The molecule has 2 heterocycles. The van der Waals surface area contributed by atoms with Crippen molar-refractivity contribution in [2.24, 2.45) is 0 Å². The van der Waals surface area contributed by atoms with Crippen molar-refractivity contribution in [3.05, 3.63) is 23.8 Å². The number of carbonyl (C=O) groups is 1. The molecule has 3 rings (SSSR count). The molecule has 128 valence electrons. The monoisotopic (exact) mass is 342 g/mol. The van der Waals surface area contributed by atoms with Crippen molar-refractivity contribution in [1.29, 1.82) is 0 Å². The minimum atomic E-state index is -0.123. The zero-order valence-corrected chi connectivity index (χ0v) is 13.9. The Morgan fingerprint density at radius 2 is 2.17 bits per heavy atom. The summed E-state index contributed by atoms with van der Waals surface area (Å²) >= 11 is 0. The van der Waals surface area contributed by atoms with Crippen molar-refractivity contribution in [3.8, 4) is 11.5 Å². The molecule has 1 amide bonds. The van der Waals surface area contributed by atoms with Gasteiger partial charge in [0.15, 0.2) is 11.5 Å². The van der Waals surface area contributed by atoms with Gasteiger partial charge in [-0.15, -0.1) is 12.4 Å². The number of nitrogens with one attached hydrogen (secondary N) is 4. The molecule has 1 aromatic carbocycles. The van der Waals surface area contributed by atoms with Gasteiger partial charge < -0.3 is 20.1 Å². The molecule has 2 aliphatic heterocycles. The first kappa shape index (κ1) is 17.8. The molecule has 1 aromatic rings. The second kappa shape index (κ2) is 8.35. The van der Waals surface area contributed by atoms with Crippen LogP contribution in [0.25, 0.3) is 0 Å². The van der Waals surface area contributed by atoms with Crippen LogP contribution in [0.1, 0.15) is 24.3 Å². The molecule has 0 radical (unpaired) electrons. The standard InChI is InChI=1S/C15H22N4O3.ClH/c1-16-6-2-3-14(20)18-15-11(8-17-19-15)10-4-5-12-13(7-10)22-9-21-12;/h4-5,7,11,15-17,19H,2-3,6,8-9H2,1H3,(H,18,20);1H. The molecule has 8 heteroatoms. The smallest absolute Gasteiger partial charge is 0.231 e. The fraction of sp³-hybridized carbons (Fsp3) is 0.533. The highest BCUT2D eigenvalue weighted by Crippen LogP contribution is 2.35. The van der Waals surface area contributed by atoms with Crippen LogP contribution in [0.2, 0.25) is 0 Å². The maximum atomic E-state index is 12.0. The first-order valence-corrected chi connectivity index (χ1v) is 7.60. The van der Waals surface area contributed by atoms with E-state index < -0.39 is 0 Å². The van der Waals surface area contributed by atoms with E-state index in [2.05, 4.69) is 21.5 Å². The van der Waals surface area contributed by atoms with Gasteiger partial charge in [0.05, 0.1) is 0 Å². The van der Waals surface area contributed by atoms with Crippen LogP contribution in [0.4, 0.5) is 0 Å². The lowest BCUT2D eigenvalue weighted by Gasteiger charge is -2.20. The third kappa shape index (κ3) is 4.26. The summed E-state index contributed by atoms with van der Waals surface area (Å²) in [6, 6.07) is 5.93. The van der Waals surface area contributed by atoms with E-state index in [1.165, 1.54) is 0 Å². The summed E-state index contributed by atoms with van der Waals surface area (Å²) in [5.74, 6) is 1.75. The van der Waals surface area contributed by atoms with E-state index in [1.807, 2.05) is 25.2 Å². The molecule has 4 N–H and O–H groups in total. The second-order valence-electron chi connectivity index (χ2n) is 5.50. The summed E-state index contributed by atoms with van der Waals surface area (Å²) in [6.45, 7) is 1.86. The van der Waals surface area contributed by atoms with Gasteiger partial charge in [-0.3, -0.25) is 10.2 Å². The quantitative estimate of drug-likeness (QED) is 0.563. The summed E-state index contributed by atoms with van der Waals surface area (Å²) in [7, 11) is 1.88. The summed E-state index contributed by atoms with van der Waals surface area (Å²) < 4.78 is 10.8. The number of amides is 1. The van der Waals surface area contributed by atoms with Crippen LogP contribution in [0, 0.1) is 0 Å². The minimum Gasteiger partial charge on any atom is -0.454 e. The number of fused-ring (bicyclic) bond motifs is 1. The molecule has 1 saturated heterocycles. The van der Waals surface area contributed by atoms with Gasteiger partial charge in [0.1, 0.15) is 6.17 Å². The van der Waals surface area contributed by atoms with E-state index in [4.69, 9.17) is 9.47 Å². The Morgan fingerprint density at radius 3 is 3.00 bits per heavy atom. The van der Waals surface area contributed by atoms with Gasteiger partial charge in [-0.25, -0.2) is 5.43 Å². The Balaban J connectivity index is 0.00000192. The molecule has 23 heavy (non-hydrogen) atoms. The molecule has 2 atom stereocenters. The maximum absolute atomic E-state index is 12.0. The van der Waals surface area contributed by atoms with Crippen LogP contribution < -0.4 is 31.0 Å². The van der Waals surface area contributed by atoms with Crippen molar-refractivity contribution in [3.63, 3.8) is 0 Å². The van der Waals surface area contributed by atoms with Gasteiger partial charge in [-0.1, -0.05) is 6.07 Å². The number of hydrazine groups is 1. The van der Waals surface area contributed by atoms with E-state index in [0.717, 1.165) is 36.6 Å². The number of benzene rings is 1. The Morgan fingerprint density at radius 1 is 1.35 bits per heavy atom. The fourth-order valence-corrected chi connectivity index (χ4v) is 2.76. The van der Waals surface area contributed by atoms with Crippen LogP contribution in [-0.4, -0.2) is 39.0 Å². The Hall–Kier alpha value is -1.54. The molecular weight excluding hydrogens is 320 g/mol. The van der Waals surface area contributed by atoms with E-state index in [0.29, 0.717) is 6.42 Å². The lowest BCUT2D eigenvalue weighted by molar-refractivity contribution is -0.122. The average molecular weight is 343 g/mol. The van der Waals surface area contributed by atoms with Crippen molar-refractivity contribution >= 4 is 18.3 Å². The topological polar surface area (TPSA) is 83.7 Å². The molecule has 1 fully saturated rings. The van der Waals surface area contributed by atoms with Gasteiger partial charge in [-0.2, -0.15) is 0 Å². The van der Waals surface area contributed by atoms with Crippen LogP contribution in [0.5, 0.6) is 11.5 Å². The van der Waals surface area contributed by atoms with Gasteiger partial charge >= 0.3 is 0 Å². The Labute approximate surface area is 141 Å². The third-order valence-electron chi connectivity index (χ3n) is 3.95. The summed E-state index contributed by atoms with van der Waals surface area (Å²) in [4.78, 5) is 12.0. The minimum absolute atomic E-state index is 0. The van der Waals surface area contributed by atoms with Crippen LogP contribution in [-0.2, 0) is 4.79 Å². The average Bonchev–Trinajstić information content (AvgIpc) is 3.15. The highest BCUT2D eigenvalue weighted by molar-refractivity contribution is 5.85. The zero-order chi connectivity index (χ0) is 15.4. The highest BCUT2D eigenvalue weighted by Gasteiger charge is 2.30. The van der Waals surface area contributed by atoms with E-state index in [9.17, 15) is 4.79 Å². The van der Waals surface area contributed by atoms with Crippen LogP contribution >= 0.6 is 12.4 Å². The number of hydrogen-bond acceptors (Lipinski definition) is 6. The van der Waals surface area contributed by atoms with Crippen molar-refractivity contribution in [2.45, 2.75) is 24.9 Å². The Kier molecular flexibility index (Phi) is 6.47. The molecule has 0 bridgehead atoms. The molecule has 0 spiro atoms. The first-order valence-electron chi connectivity index (χ1n) is 7.60. The van der Waals surface area contributed by atoms with Crippen molar-refractivity contribution in [1.82, 2.24) is 21.5 Å². The van der Waals surface area contributed by atoms with Gasteiger partial charge in [0, 0.05) is 18.9 Å². The number of ether oxygens (including phenoxy) is 2. The highest BCUT2D eigenvalue weighted by atomic mass is 35.5. The molecule has 7 nitrogen and oxygen atoms in total. The molecular formula is C15H23ClN4O3. The van der Waals surface area contributed by atoms with Gasteiger partial charge in [0.25, 0.3) is 0 Å². The number of hydrogen-bond donors (Lipinski definition) is 4. The van der Waals surface area contributed by atoms with Crippen LogP contribution in [0.3, 0.4) is 0 Å². The number of carbonyl (C=O) groups excluding carboxylic acids is 1. The third-order valence-corrected chi connectivity index (χ3v) is 3.95. The van der Waals surface area contributed by atoms with Gasteiger partial charge in [0.2, 0.25) is 12.7 Å². The largest absolute Gasteiger partial charge is 0.454 e. The molecule has 0 aromatic heterocycles. The Bertz CT molecular complexity index is 543. The first-order chi connectivity index (χ1) is 10.8. The predicted molar refractivity (Wildman–Crippen MR) is 88.8 cm³/mol. The van der Waals surface area contributed by atoms with E-state index in [-0.39, 0.29) is 37.2 Å². The molecule has 0 saturated carbocycles. The summed E-state index contributed by atoms with van der Waals surface area (Å²) in [5.41, 5.74) is 7.35. The lowest BCUT2D eigenvalue weighted by Crippen LogP contribution is -2.46. The lowest BCUT2D eigenvalue weighted by atomic mass is 9.96. The van der Waals surface area contributed by atoms with Crippen molar-refractivity contribution in [2.75, 3.05) is 26.9 Å². The molecule has 2 aliphatic rings. The van der Waals surface area contributed by atoms with E-state index >= 15 is 0 Å². The molecule has 2 unspecified atom stereocenters. The van der Waals surface area contributed by atoms with E-state index in [1.54, 1.807) is 0 Å². The van der Waals surface area contributed by atoms with Gasteiger partial charge in [-0.05, 0) is 37.7 Å². The maximum Gasteiger partial charge on any atom is 0.231 e. The van der Waals surface area contributed by atoms with Crippen molar-refractivity contribution < 1.29 is 14.3 Å². The fourth-order valence-electron chi connectivity index (χ4n) is 2.76. The van der Waals surface area contributed by atoms with Crippen LogP contribution in [0.15, 0.2) is 18.2 Å². The normalized spacial score (nSPS) is 21.8. The summed E-state index contributed by atoms with van der Waals surface area (Å²) in [6.07, 6.45) is 1.23.